The Hall–Kier alpha value is -0.820. The molecule has 110 valence electrons. The molecule has 20 heavy (non-hydrogen) atoms. The van der Waals surface area contributed by atoms with Gasteiger partial charge in [0, 0.05) is 22.2 Å². The number of hydrogen-bond donors (Lipinski definition) is 1. The Kier molecular flexibility index (Phi) is 6.09. The molecule has 0 bridgehead atoms. The van der Waals surface area contributed by atoms with Gasteiger partial charge < -0.3 is 9.84 Å². The lowest BCUT2D eigenvalue weighted by Crippen LogP contribution is -2.26. The van der Waals surface area contributed by atoms with Crippen molar-refractivity contribution >= 4 is 11.3 Å². The first-order chi connectivity index (χ1) is 9.67. The van der Waals surface area contributed by atoms with E-state index in [0.717, 1.165) is 17.4 Å². The Morgan fingerprint density at radius 2 is 2.05 bits per heavy atom. The third-order valence-electron chi connectivity index (χ3n) is 3.72. The predicted molar refractivity (Wildman–Crippen MR) is 83.7 cm³/mol. The highest BCUT2D eigenvalue weighted by molar-refractivity contribution is 7.10. The van der Waals surface area contributed by atoms with Crippen molar-refractivity contribution in [2.75, 3.05) is 6.61 Å². The second-order valence-electron chi connectivity index (χ2n) is 5.93. The molecule has 1 aliphatic rings. The molecule has 0 aromatic carbocycles. The number of hydrogen-bond acceptors (Lipinski definition) is 3. The molecule has 0 saturated heterocycles. The van der Waals surface area contributed by atoms with E-state index in [4.69, 9.17) is 9.84 Å². The van der Waals surface area contributed by atoms with Gasteiger partial charge in [-0.05, 0) is 37.2 Å². The first kappa shape index (κ1) is 15.6. The zero-order chi connectivity index (χ0) is 14.4. The molecule has 1 aromatic rings. The van der Waals surface area contributed by atoms with Crippen LogP contribution in [0.15, 0.2) is 11.4 Å². The molecule has 1 fully saturated rings. The van der Waals surface area contributed by atoms with Gasteiger partial charge in [0.05, 0.1) is 19.3 Å². The monoisotopic (exact) mass is 292 g/mol. The van der Waals surface area contributed by atoms with Gasteiger partial charge in [0.25, 0.3) is 0 Å². The molecule has 2 nitrogen and oxygen atoms in total. The van der Waals surface area contributed by atoms with Crippen molar-refractivity contribution in [2.45, 2.75) is 52.2 Å². The fourth-order valence-electron chi connectivity index (χ4n) is 2.95. The summed E-state index contributed by atoms with van der Waals surface area (Å²) in [6.07, 6.45) is 4.68. The standard InChI is InChI=1S/C17H24O2S/c1-13-7-14(2)9-16(8-13)19-11-17-10-15(12-20-17)5-3-4-6-18/h10,12-14,16,18H,4,6-9,11H2,1-2H3. The van der Waals surface area contributed by atoms with Crippen LogP contribution in [-0.4, -0.2) is 17.8 Å². The Labute approximate surface area is 126 Å². The molecule has 0 amide bonds. The van der Waals surface area contributed by atoms with E-state index in [0.29, 0.717) is 19.1 Å². The number of aliphatic hydroxyl groups is 1. The van der Waals surface area contributed by atoms with E-state index in [1.165, 1.54) is 24.1 Å². The van der Waals surface area contributed by atoms with Crippen LogP contribution in [0.5, 0.6) is 0 Å². The maximum atomic E-state index is 8.70. The number of aliphatic hydroxyl groups excluding tert-OH is 1. The number of thiophene rings is 1. The van der Waals surface area contributed by atoms with E-state index in [2.05, 4.69) is 37.1 Å². The minimum atomic E-state index is 0.130. The first-order valence-electron chi connectivity index (χ1n) is 7.46. The smallest absolute Gasteiger partial charge is 0.0813 e. The van der Waals surface area contributed by atoms with Gasteiger partial charge in [0.15, 0.2) is 0 Å². The normalized spacial score (nSPS) is 26.1. The van der Waals surface area contributed by atoms with E-state index in [1.807, 2.05) is 0 Å². The molecular weight excluding hydrogens is 268 g/mol. The van der Waals surface area contributed by atoms with E-state index < -0.39 is 0 Å². The maximum absolute atomic E-state index is 8.70. The van der Waals surface area contributed by atoms with Crippen LogP contribution in [0.4, 0.5) is 0 Å². The van der Waals surface area contributed by atoms with Crippen molar-refractivity contribution in [3.8, 4) is 11.8 Å². The van der Waals surface area contributed by atoms with Gasteiger partial charge in [-0.25, -0.2) is 0 Å². The third kappa shape index (κ3) is 4.94. The quantitative estimate of drug-likeness (QED) is 0.855. The summed E-state index contributed by atoms with van der Waals surface area (Å²) in [5.74, 6) is 7.58. The Balaban J connectivity index is 1.81. The summed E-state index contributed by atoms with van der Waals surface area (Å²) >= 11 is 1.71. The van der Waals surface area contributed by atoms with E-state index in [1.54, 1.807) is 11.3 Å². The third-order valence-corrected chi connectivity index (χ3v) is 4.63. The molecule has 0 spiro atoms. The first-order valence-corrected chi connectivity index (χ1v) is 8.34. The minimum Gasteiger partial charge on any atom is -0.395 e. The largest absolute Gasteiger partial charge is 0.395 e. The zero-order valence-corrected chi connectivity index (χ0v) is 13.2. The van der Waals surface area contributed by atoms with E-state index in [-0.39, 0.29) is 6.61 Å². The van der Waals surface area contributed by atoms with Crippen LogP contribution < -0.4 is 0 Å². The zero-order valence-electron chi connectivity index (χ0n) is 12.4. The van der Waals surface area contributed by atoms with Crippen molar-refractivity contribution in [3.05, 3.63) is 21.9 Å². The number of rotatable bonds is 4. The summed E-state index contributed by atoms with van der Waals surface area (Å²) in [6, 6.07) is 2.10. The number of ether oxygens (including phenoxy) is 1. The van der Waals surface area contributed by atoms with Crippen molar-refractivity contribution in [1.82, 2.24) is 0 Å². The average Bonchev–Trinajstić information content (AvgIpc) is 2.84. The predicted octanol–water partition coefficient (Wildman–Crippen LogP) is 3.82. The van der Waals surface area contributed by atoms with Gasteiger partial charge in [0.1, 0.15) is 0 Å². The van der Waals surface area contributed by atoms with Crippen LogP contribution >= 0.6 is 11.3 Å². The highest BCUT2D eigenvalue weighted by atomic mass is 32.1. The molecule has 0 radical (unpaired) electrons. The summed E-state index contributed by atoms with van der Waals surface area (Å²) in [6.45, 7) is 5.49. The lowest BCUT2D eigenvalue weighted by molar-refractivity contribution is -0.00804. The fourth-order valence-corrected chi connectivity index (χ4v) is 3.69. The van der Waals surface area contributed by atoms with Gasteiger partial charge in [-0.2, -0.15) is 0 Å². The second-order valence-corrected chi connectivity index (χ2v) is 6.92. The maximum Gasteiger partial charge on any atom is 0.0813 e. The van der Waals surface area contributed by atoms with Crippen LogP contribution in [-0.2, 0) is 11.3 Å². The summed E-state index contributed by atoms with van der Waals surface area (Å²) in [5, 5.41) is 10.8. The van der Waals surface area contributed by atoms with Gasteiger partial charge in [-0.1, -0.05) is 25.7 Å². The van der Waals surface area contributed by atoms with Crippen molar-refractivity contribution in [1.29, 1.82) is 0 Å². The molecule has 0 aliphatic heterocycles. The van der Waals surface area contributed by atoms with Crippen molar-refractivity contribution in [3.63, 3.8) is 0 Å². The summed E-state index contributed by atoms with van der Waals surface area (Å²) < 4.78 is 6.07. The van der Waals surface area contributed by atoms with Crippen molar-refractivity contribution < 1.29 is 9.84 Å². The summed E-state index contributed by atoms with van der Waals surface area (Å²) in [5.41, 5.74) is 1.03. The Bertz CT molecular complexity index is 459. The van der Waals surface area contributed by atoms with Gasteiger partial charge in [-0.3, -0.25) is 0 Å². The molecule has 1 N–H and O–H groups in total. The molecular formula is C17H24O2S. The van der Waals surface area contributed by atoms with Crippen LogP contribution in [0, 0.1) is 23.7 Å². The molecule has 1 aliphatic carbocycles. The van der Waals surface area contributed by atoms with Gasteiger partial charge in [-0.15, -0.1) is 11.3 Å². The van der Waals surface area contributed by atoms with Crippen molar-refractivity contribution in [2.24, 2.45) is 11.8 Å². The lowest BCUT2D eigenvalue weighted by Gasteiger charge is -2.31. The fraction of sp³-hybridized carbons (Fsp3) is 0.647. The molecule has 1 aromatic heterocycles. The molecule has 3 heteroatoms. The molecule has 2 atom stereocenters. The van der Waals surface area contributed by atoms with E-state index >= 15 is 0 Å². The minimum absolute atomic E-state index is 0.130. The van der Waals surface area contributed by atoms with E-state index in [9.17, 15) is 0 Å². The lowest BCUT2D eigenvalue weighted by atomic mass is 9.82. The summed E-state index contributed by atoms with van der Waals surface area (Å²) in [7, 11) is 0. The topological polar surface area (TPSA) is 29.5 Å². The van der Waals surface area contributed by atoms with Gasteiger partial charge >= 0.3 is 0 Å². The molecule has 2 unspecified atom stereocenters. The Morgan fingerprint density at radius 3 is 2.75 bits per heavy atom. The van der Waals surface area contributed by atoms with Crippen LogP contribution in [0.3, 0.4) is 0 Å². The second kappa shape index (κ2) is 7.83. The van der Waals surface area contributed by atoms with Crippen LogP contribution in [0.2, 0.25) is 0 Å². The SMILES string of the molecule is CC1CC(C)CC(OCc2cc(C#CCCO)cs2)C1. The molecule has 2 rings (SSSR count). The highest BCUT2D eigenvalue weighted by Crippen LogP contribution is 2.31. The van der Waals surface area contributed by atoms with Gasteiger partial charge in [0.2, 0.25) is 0 Å². The molecule has 1 heterocycles. The molecule has 1 saturated carbocycles. The van der Waals surface area contributed by atoms with Crippen LogP contribution in [0.1, 0.15) is 50.0 Å². The average molecular weight is 292 g/mol. The van der Waals surface area contributed by atoms with Crippen LogP contribution in [0.25, 0.3) is 0 Å². The highest BCUT2D eigenvalue weighted by Gasteiger charge is 2.24. The summed E-state index contributed by atoms with van der Waals surface area (Å²) in [4.78, 5) is 1.24. The Morgan fingerprint density at radius 1 is 1.30 bits per heavy atom.